The molecule has 21 heavy (non-hydrogen) atoms. The maximum Gasteiger partial charge on any atom is 0.234 e. The van der Waals surface area contributed by atoms with Gasteiger partial charge in [0.1, 0.15) is 5.82 Å². The van der Waals surface area contributed by atoms with Crippen LogP contribution in [0.1, 0.15) is 30.7 Å². The quantitative estimate of drug-likeness (QED) is 0.922. The first-order chi connectivity index (χ1) is 10.2. The average Bonchev–Trinajstić information content (AvgIpc) is 3.14. The van der Waals surface area contributed by atoms with Crippen molar-refractivity contribution in [1.82, 2.24) is 15.5 Å². The Balaban J connectivity index is 1.71. The van der Waals surface area contributed by atoms with Gasteiger partial charge in [-0.05, 0) is 56.0 Å². The standard InChI is InChI=1S/C16H18FN3O/c1-10-7-11(4-5-13(10)17)14-19-15(21-20-14)16-6-2-3-12(16)8-18-9-16/h4-5,7,12,18H,2-3,6,8-9H2,1H3/t12-,16-/m1/s1. The van der Waals surface area contributed by atoms with Crippen LogP contribution in [0.4, 0.5) is 4.39 Å². The fraction of sp³-hybridized carbons (Fsp3) is 0.500. The lowest BCUT2D eigenvalue weighted by atomic mass is 9.80. The van der Waals surface area contributed by atoms with Crippen molar-refractivity contribution >= 4 is 0 Å². The van der Waals surface area contributed by atoms with E-state index in [1.165, 1.54) is 18.9 Å². The van der Waals surface area contributed by atoms with E-state index in [-0.39, 0.29) is 11.2 Å². The summed E-state index contributed by atoms with van der Waals surface area (Å²) in [6, 6.07) is 4.92. The summed E-state index contributed by atoms with van der Waals surface area (Å²) in [6.07, 6.45) is 3.55. The van der Waals surface area contributed by atoms with Crippen LogP contribution in [0.15, 0.2) is 22.7 Å². The summed E-state index contributed by atoms with van der Waals surface area (Å²) < 4.78 is 19.0. The SMILES string of the molecule is Cc1cc(-c2noc([C@@]34CCC[C@@H]3CNC4)n2)ccc1F. The van der Waals surface area contributed by atoms with Gasteiger partial charge in [0.15, 0.2) is 0 Å². The van der Waals surface area contributed by atoms with Gasteiger partial charge in [-0.15, -0.1) is 0 Å². The Morgan fingerprint density at radius 3 is 3.19 bits per heavy atom. The normalized spacial score (nSPS) is 28.0. The molecule has 1 saturated carbocycles. The van der Waals surface area contributed by atoms with Gasteiger partial charge in [-0.2, -0.15) is 4.98 Å². The van der Waals surface area contributed by atoms with E-state index in [1.54, 1.807) is 19.1 Å². The zero-order valence-electron chi connectivity index (χ0n) is 12.0. The summed E-state index contributed by atoms with van der Waals surface area (Å²) in [4.78, 5) is 4.63. The summed E-state index contributed by atoms with van der Waals surface area (Å²) in [7, 11) is 0. The van der Waals surface area contributed by atoms with Crippen LogP contribution >= 0.6 is 0 Å². The maximum atomic E-state index is 13.4. The van der Waals surface area contributed by atoms with Gasteiger partial charge in [0, 0.05) is 12.1 Å². The molecule has 0 bridgehead atoms. The lowest BCUT2D eigenvalue weighted by Crippen LogP contribution is -2.31. The number of benzene rings is 1. The average molecular weight is 287 g/mol. The molecule has 1 N–H and O–H groups in total. The Hall–Kier alpha value is -1.75. The maximum absolute atomic E-state index is 13.4. The molecule has 1 aromatic carbocycles. The van der Waals surface area contributed by atoms with Crippen molar-refractivity contribution < 1.29 is 8.91 Å². The Morgan fingerprint density at radius 1 is 1.43 bits per heavy atom. The lowest BCUT2D eigenvalue weighted by Gasteiger charge is -2.22. The highest BCUT2D eigenvalue weighted by Crippen LogP contribution is 2.47. The van der Waals surface area contributed by atoms with Gasteiger partial charge in [-0.25, -0.2) is 4.39 Å². The third-order valence-electron chi connectivity index (χ3n) is 5.06. The number of nitrogens with zero attached hydrogens (tertiary/aromatic N) is 2. The van der Waals surface area contributed by atoms with Crippen molar-refractivity contribution in [1.29, 1.82) is 0 Å². The van der Waals surface area contributed by atoms with Crippen LogP contribution in [0, 0.1) is 18.7 Å². The highest BCUT2D eigenvalue weighted by molar-refractivity contribution is 5.55. The molecule has 0 unspecified atom stereocenters. The largest absolute Gasteiger partial charge is 0.338 e. The topological polar surface area (TPSA) is 51.0 Å². The minimum atomic E-state index is -0.211. The van der Waals surface area contributed by atoms with Crippen molar-refractivity contribution in [3.05, 3.63) is 35.5 Å². The summed E-state index contributed by atoms with van der Waals surface area (Å²) in [5.41, 5.74) is 1.42. The predicted octanol–water partition coefficient (Wildman–Crippen LogP) is 2.83. The van der Waals surface area contributed by atoms with E-state index < -0.39 is 0 Å². The Kier molecular flexibility index (Phi) is 2.85. The minimum absolute atomic E-state index is 0.0142. The van der Waals surface area contributed by atoms with Gasteiger partial charge in [-0.3, -0.25) is 0 Å². The van der Waals surface area contributed by atoms with Crippen LogP contribution in [0.25, 0.3) is 11.4 Å². The summed E-state index contributed by atoms with van der Waals surface area (Å²) in [6.45, 7) is 3.70. The third-order valence-corrected chi connectivity index (χ3v) is 5.06. The molecule has 2 fully saturated rings. The van der Waals surface area contributed by atoms with Gasteiger partial charge < -0.3 is 9.84 Å². The van der Waals surface area contributed by atoms with Crippen molar-refractivity contribution in [3.63, 3.8) is 0 Å². The van der Waals surface area contributed by atoms with E-state index >= 15 is 0 Å². The zero-order valence-corrected chi connectivity index (χ0v) is 12.0. The molecule has 2 atom stereocenters. The van der Waals surface area contributed by atoms with E-state index in [1.807, 2.05) is 0 Å². The Bertz CT molecular complexity index is 672. The van der Waals surface area contributed by atoms with Crippen molar-refractivity contribution in [2.45, 2.75) is 31.6 Å². The van der Waals surface area contributed by atoms with Crippen LogP contribution in [-0.2, 0) is 5.41 Å². The van der Waals surface area contributed by atoms with Gasteiger partial charge in [0.05, 0.1) is 5.41 Å². The highest BCUT2D eigenvalue weighted by atomic mass is 19.1. The van der Waals surface area contributed by atoms with Gasteiger partial charge >= 0.3 is 0 Å². The third kappa shape index (κ3) is 1.91. The first kappa shape index (κ1) is 13.0. The number of hydrogen-bond donors (Lipinski definition) is 1. The van der Waals surface area contributed by atoms with Crippen LogP contribution < -0.4 is 5.32 Å². The first-order valence-electron chi connectivity index (χ1n) is 7.50. The van der Waals surface area contributed by atoms with Crippen molar-refractivity contribution in [2.24, 2.45) is 5.92 Å². The molecule has 110 valence electrons. The molecule has 5 heteroatoms. The molecular weight excluding hydrogens is 269 g/mol. The van der Waals surface area contributed by atoms with Crippen LogP contribution in [-0.4, -0.2) is 23.2 Å². The van der Waals surface area contributed by atoms with Gasteiger partial charge in [0.2, 0.25) is 11.7 Å². The number of rotatable bonds is 2. The van der Waals surface area contributed by atoms with E-state index in [0.717, 1.165) is 31.0 Å². The molecule has 0 spiro atoms. The lowest BCUT2D eigenvalue weighted by molar-refractivity contribution is 0.265. The molecule has 0 radical (unpaired) electrons. The van der Waals surface area contributed by atoms with E-state index in [9.17, 15) is 4.39 Å². The second-order valence-corrected chi connectivity index (χ2v) is 6.26. The Morgan fingerprint density at radius 2 is 2.33 bits per heavy atom. The van der Waals surface area contributed by atoms with Crippen molar-refractivity contribution in [3.8, 4) is 11.4 Å². The number of nitrogens with one attached hydrogen (secondary N) is 1. The molecule has 1 saturated heterocycles. The number of hydrogen-bond acceptors (Lipinski definition) is 4. The van der Waals surface area contributed by atoms with E-state index in [2.05, 4.69) is 15.5 Å². The Labute approximate surface area is 122 Å². The monoisotopic (exact) mass is 287 g/mol. The predicted molar refractivity (Wildman–Crippen MR) is 76.3 cm³/mol. The molecule has 1 aromatic heterocycles. The van der Waals surface area contributed by atoms with E-state index in [4.69, 9.17) is 4.52 Å². The smallest absolute Gasteiger partial charge is 0.234 e. The summed E-state index contributed by atoms with van der Waals surface area (Å²) in [5, 5.41) is 7.57. The molecule has 1 aliphatic heterocycles. The fourth-order valence-electron chi connectivity index (χ4n) is 3.83. The minimum Gasteiger partial charge on any atom is -0.338 e. The molecular formula is C16H18FN3O. The molecule has 1 aliphatic carbocycles. The molecule has 0 amide bonds. The highest BCUT2D eigenvalue weighted by Gasteiger charge is 2.51. The number of halogens is 1. The number of aromatic nitrogens is 2. The zero-order chi connectivity index (χ0) is 14.4. The fourth-order valence-corrected chi connectivity index (χ4v) is 3.83. The van der Waals surface area contributed by atoms with Gasteiger partial charge in [0.25, 0.3) is 0 Å². The first-order valence-corrected chi connectivity index (χ1v) is 7.50. The summed E-state index contributed by atoms with van der Waals surface area (Å²) >= 11 is 0. The van der Waals surface area contributed by atoms with Crippen molar-refractivity contribution in [2.75, 3.05) is 13.1 Å². The molecule has 4 rings (SSSR count). The number of aryl methyl sites for hydroxylation is 1. The summed E-state index contributed by atoms with van der Waals surface area (Å²) in [5.74, 6) is 1.68. The molecule has 4 nitrogen and oxygen atoms in total. The van der Waals surface area contributed by atoms with E-state index in [0.29, 0.717) is 17.3 Å². The molecule has 2 heterocycles. The second kappa shape index (κ2) is 4.63. The van der Waals surface area contributed by atoms with Gasteiger partial charge in [-0.1, -0.05) is 11.6 Å². The molecule has 2 aliphatic rings. The van der Waals surface area contributed by atoms with Crippen LogP contribution in [0.3, 0.4) is 0 Å². The van der Waals surface area contributed by atoms with Crippen LogP contribution in [0.2, 0.25) is 0 Å². The second-order valence-electron chi connectivity index (χ2n) is 6.26. The molecule has 2 aromatic rings. The van der Waals surface area contributed by atoms with Crippen LogP contribution in [0.5, 0.6) is 0 Å². The number of fused-ring (bicyclic) bond motifs is 1.